The minimum atomic E-state index is -4.47. The van der Waals surface area contributed by atoms with E-state index in [0.717, 1.165) is 18.2 Å². The molecule has 0 aliphatic rings. The Balaban J connectivity index is 2.34. The number of rotatable bonds is 4. The van der Waals surface area contributed by atoms with Gasteiger partial charge in [0.1, 0.15) is 11.4 Å². The summed E-state index contributed by atoms with van der Waals surface area (Å²) in [6, 6.07) is 7.56. The molecule has 0 atom stereocenters. The molecule has 0 N–H and O–H groups in total. The quantitative estimate of drug-likeness (QED) is 0.396. The van der Waals surface area contributed by atoms with Crippen molar-refractivity contribution in [2.75, 3.05) is 3.11 Å². The van der Waals surface area contributed by atoms with Crippen LogP contribution in [0.15, 0.2) is 55.3 Å². The lowest BCUT2D eigenvalue weighted by molar-refractivity contribution is -0.137. The lowest BCUT2D eigenvalue weighted by atomic mass is 10.2. The van der Waals surface area contributed by atoms with E-state index in [1.807, 2.05) is 0 Å². The van der Waals surface area contributed by atoms with Gasteiger partial charge in [-0.25, -0.2) is 8.10 Å². The number of nitrogens with zero attached hydrogens (tertiary/aromatic N) is 2. The molecule has 1 amide bonds. The fourth-order valence-corrected chi connectivity index (χ4v) is 2.22. The Hall–Kier alpha value is -2.10. The molecule has 120 valence electrons. The second kappa shape index (κ2) is 6.99. The van der Waals surface area contributed by atoms with Crippen LogP contribution in [0.1, 0.15) is 5.56 Å². The van der Waals surface area contributed by atoms with Gasteiger partial charge in [0.05, 0.1) is 28.4 Å². The Morgan fingerprint density at radius 2 is 2.04 bits per heavy atom. The number of halogens is 4. The summed E-state index contributed by atoms with van der Waals surface area (Å²) in [5, 5.41) is 0. The summed E-state index contributed by atoms with van der Waals surface area (Å²) in [5.74, 6) is -0.431. The highest BCUT2D eigenvalue weighted by Gasteiger charge is 2.30. The van der Waals surface area contributed by atoms with Crippen LogP contribution in [-0.4, -0.2) is 10.9 Å². The van der Waals surface area contributed by atoms with Gasteiger partial charge >= 0.3 is 6.18 Å². The molecular formula is C15H10F3IN2O2. The lowest BCUT2D eigenvalue weighted by Crippen LogP contribution is -2.17. The first kappa shape index (κ1) is 17.3. The number of amides is 1. The molecule has 0 aliphatic heterocycles. The van der Waals surface area contributed by atoms with Gasteiger partial charge in [0, 0.05) is 6.20 Å². The van der Waals surface area contributed by atoms with Gasteiger partial charge in [-0.1, -0.05) is 12.6 Å². The van der Waals surface area contributed by atoms with Crippen molar-refractivity contribution in [1.82, 2.24) is 4.98 Å². The van der Waals surface area contributed by atoms with E-state index in [2.05, 4.69) is 11.6 Å². The summed E-state index contributed by atoms with van der Waals surface area (Å²) in [6.45, 7) is 3.38. The van der Waals surface area contributed by atoms with Crippen molar-refractivity contribution in [2.45, 2.75) is 6.18 Å². The molecule has 0 bridgehead atoms. The van der Waals surface area contributed by atoms with Crippen molar-refractivity contribution in [3.63, 3.8) is 0 Å². The van der Waals surface area contributed by atoms with Gasteiger partial charge in [0.2, 0.25) is 5.88 Å². The summed E-state index contributed by atoms with van der Waals surface area (Å²) in [7, 11) is 0. The zero-order chi connectivity index (χ0) is 17.0. The fourth-order valence-electron chi connectivity index (χ4n) is 1.66. The predicted octanol–water partition coefficient (Wildman–Crippen LogP) is 4.76. The van der Waals surface area contributed by atoms with E-state index < -0.39 is 17.6 Å². The highest BCUT2D eigenvalue weighted by Crippen LogP contribution is 2.35. The number of pyridine rings is 1. The SMILES string of the molecule is C=CC(=O)N(I)c1cccnc1Oc1cccc(C(F)(F)F)c1. The first-order valence-electron chi connectivity index (χ1n) is 6.25. The van der Waals surface area contributed by atoms with Crippen LogP contribution in [0.4, 0.5) is 18.9 Å². The second-order valence-electron chi connectivity index (χ2n) is 4.28. The topological polar surface area (TPSA) is 42.4 Å². The minimum Gasteiger partial charge on any atom is -0.437 e. The fraction of sp³-hybridized carbons (Fsp3) is 0.0667. The van der Waals surface area contributed by atoms with E-state index in [4.69, 9.17) is 4.74 Å². The summed E-state index contributed by atoms with van der Waals surface area (Å²) < 4.78 is 44.8. The third-order valence-electron chi connectivity index (χ3n) is 2.71. The van der Waals surface area contributed by atoms with Crippen LogP contribution in [0.25, 0.3) is 0 Å². The van der Waals surface area contributed by atoms with Crippen LogP contribution < -0.4 is 7.85 Å². The third kappa shape index (κ3) is 4.21. The molecule has 0 spiro atoms. The molecule has 0 saturated heterocycles. The number of aromatic nitrogens is 1. The standard InChI is InChI=1S/C15H10F3IN2O2/c1-2-13(22)21(19)12-7-4-8-20-14(12)23-11-6-3-5-10(9-11)15(16,17)18/h2-9H,1H2. The number of benzene rings is 1. The van der Waals surface area contributed by atoms with Gasteiger partial charge in [0.25, 0.3) is 5.91 Å². The molecule has 8 heteroatoms. The van der Waals surface area contributed by atoms with Gasteiger partial charge in [-0.15, -0.1) is 0 Å². The van der Waals surface area contributed by atoms with E-state index in [9.17, 15) is 18.0 Å². The van der Waals surface area contributed by atoms with E-state index in [-0.39, 0.29) is 11.6 Å². The Kier molecular flexibility index (Phi) is 5.24. The molecule has 0 unspecified atom stereocenters. The molecular weight excluding hydrogens is 424 g/mol. The smallest absolute Gasteiger partial charge is 0.416 e. The Labute approximate surface area is 144 Å². The van der Waals surface area contributed by atoms with E-state index >= 15 is 0 Å². The molecule has 1 aromatic heterocycles. The number of hydrogen-bond acceptors (Lipinski definition) is 3. The molecule has 0 fully saturated rings. The average molecular weight is 434 g/mol. The van der Waals surface area contributed by atoms with Crippen molar-refractivity contribution in [3.8, 4) is 11.6 Å². The highest BCUT2D eigenvalue weighted by atomic mass is 127. The number of alkyl halides is 3. The van der Waals surface area contributed by atoms with E-state index in [1.165, 1.54) is 21.4 Å². The molecule has 4 nitrogen and oxygen atoms in total. The number of ether oxygens (including phenoxy) is 1. The second-order valence-corrected chi connectivity index (χ2v) is 5.24. The van der Waals surface area contributed by atoms with Gasteiger partial charge in [-0.3, -0.25) is 4.79 Å². The maximum absolute atomic E-state index is 12.7. The Morgan fingerprint density at radius 3 is 2.70 bits per heavy atom. The van der Waals surface area contributed by atoms with Crippen molar-refractivity contribution in [1.29, 1.82) is 0 Å². The van der Waals surface area contributed by atoms with Crippen LogP contribution >= 0.6 is 22.9 Å². The third-order valence-corrected chi connectivity index (χ3v) is 3.70. The van der Waals surface area contributed by atoms with Crippen molar-refractivity contribution in [2.24, 2.45) is 0 Å². The largest absolute Gasteiger partial charge is 0.437 e. The zero-order valence-electron chi connectivity index (χ0n) is 11.5. The zero-order valence-corrected chi connectivity index (χ0v) is 13.7. The summed E-state index contributed by atoms with van der Waals surface area (Å²) in [4.78, 5) is 15.6. The van der Waals surface area contributed by atoms with Gasteiger partial charge < -0.3 is 4.74 Å². The van der Waals surface area contributed by atoms with Crippen molar-refractivity contribution in [3.05, 3.63) is 60.8 Å². The van der Waals surface area contributed by atoms with Crippen LogP contribution in [0.3, 0.4) is 0 Å². The van der Waals surface area contributed by atoms with Crippen LogP contribution in [0, 0.1) is 0 Å². The summed E-state index contributed by atoms with van der Waals surface area (Å²) in [6.07, 6.45) is -1.96. The van der Waals surface area contributed by atoms with E-state index in [1.54, 1.807) is 35.0 Å². The molecule has 23 heavy (non-hydrogen) atoms. The number of hydrogen-bond donors (Lipinski definition) is 0. The molecule has 0 aliphatic carbocycles. The molecule has 1 aromatic carbocycles. The van der Waals surface area contributed by atoms with Crippen LogP contribution in [0.5, 0.6) is 11.6 Å². The number of anilines is 1. The summed E-state index contributed by atoms with van der Waals surface area (Å²) in [5.41, 5.74) is -0.531. The maximum atomic E-state index is 12.7. The van der Waals surface area contributed by atoms with Crippen LogP contribution in [-0.2, 0) is 11.0 Å². The lowest BCUT2D eigenvalue weighted by Gasteiger charge is -2.16. The first-order chi connectivity index (χ1) is 10.8. The number of carbonyl (C=O) groups excluding carboxylic acids is 1. The monoisotopic (exact) mass is 434 g/mol. The minimum absolute atomic E-state index is 0.0106. The van der Waals surface area contributed by atoms with Gasteiger partial charge in [-0.2, -0.15) is 13.2 Å². The molecule has 2 aromatic rings. The molecule has 0 radical (unpaired) electrons. The van der Waals surface area contributed by atoms with Gasteiger partial charge in [-0.05, 0) is 36.4 Å². The predicted molar refractivity (Wildman–Crippen MR) is 87.5 cm³/mol. The summed E-state index contributed by atoms with van der Waals surface area (Å²) >= 11 is 1.73. The first-order valence-corrected chi connectivity index (χ1v) is 7.22. The highest BCUT2D eigenvalue weighted by molar-refractivity contribution is 14.1. The molecule has 2 rings (SSSR count). The normalized spacial score (nSPS) is 11.0. The Bertz CT molecular complexity index is 735. The maximum Gasteiger partial charge on any atom is 0.416 e. The van der Waals surface area contributed by atoms with Crippen molar-refractivity contribution < 1.29 is 22.7 Å². The van der Waals surface area contributed by atoms with Crippen molar-refractivity contribution >= 4 is 34.5 Å². The molecule has 0 saturated carbocycles. The number of carbonyl (C=O) groups is 1. The average Bonchev–Trinajstić information content (AvgIpc) is 2.53. The molecule has 1 heterocycles. The van der Waals surface area contributed by atoms with Gasteiger partial charge in [0.15, 0.2) is 0 Å². The van der Waals surface area contributed by atoms with E-state index in [0.29, 0.717) is 5.69 Å². The van der Waals surface area contributed by atoms with Crippen LogP contribution in [0.2, 0.25) is 0 Å². The Morgan fingerprint density at radius 1 is 1.30 bits per heavy atom.